The van der Waals surface area contributed by atoms with Crippen LogP contribution < -0.4 is 20.9 Å². The van der Waals surface area contributed by atoms with Crippen LogP contribution in [0.1, 0.15) is 85.8 Å². The number of anilines is 1. The molecule has 7 rings (SSSR count). The molecule has 14 heteroatoms. The number of benzene rings is 3. The maximum atomic E-state index is 13.9. The number of piperazine rings is 1. The first kappa shape index (κ1) is 39.3. The van der Waals surface area contributed by atoms with E-state index in [1.54, 1.807) is 31.7 Å². The Morgan fingerprint density at radius 1 is 0.842 bits per heavy atom. The first-order valence-electron chi connectivity index (χ1n) is 19.8. The van der Waals surface area contributed by atoms with Crippen LogP contribution in [0.2, 0.25) is 0 Å². The van der Waals surface area contributed by atoms with Crippen molar-refractivity contribution >= 4 is 41.5 Å². The second-order valence-corrected chi connectivity index (χ2v) is 16.0. The van der Waals surface area contributed by atoms with Gasteiger partial charge in [-0.15, -0.1) is 0 Å². The van der Waals surface area contributed by atoms with E-state index in [1.807, 2.05) is 36.4 Å². The maximum absolute atomic E-state index is 13.9. The molecule has 2 atom stereocenters. The third-order valence-corrected chi connectivity index (χ3v) is 11.0. The largest absolute Gasteiger partial charge is 0.449 e. The van der Waals surface area contributed by atoms with Gasteiger partial charge in [-0.25, -0.2) is 9.59 Å². The number of piperidine rings is 1. The quantitative estimate of drug-likeness (QED) is 0.185. The van der Waals surface area contributed by atoms with Crippen LogP contribution in [0, 0.1) is 0 Å². The lowest BCUT2D eigenvalue weighted by atomic mass is 9.98. The van der Waals surface area contributed by atoms with Gasteiger partial charge >= 0.3 is 12.2 Å². The maximum Gasteiger partial charge on any atom is 0.408 e. The number of amides is 6. The summed E-state index contributed by atoms with van der Waals surface area (Å²) >= 11 is 0. The number of fused-ring (bicyclic) bond motifs is 4. The molecule has 6 amide bonds. The van der Waals surface area contributed by atoms with E-state index in [1.165, 1.54) is 4.90 Å². The highest BCUT2D eigenvalue weighted by Crippen LogP contribution is 2.44. The summed E-state index contributed by atoms with van der Waals surface area (Å²) in [5, 5.41) is 7.96. The van der Waals surface area contributed by atoms with Crippen LogP contribution in [0.15, 0.2) is 66.7 Å². The van der Waals surface area contributed by atoms with Crippen LogP contribution in [0.3, 0.4) is 0 Å². The van der Waals surface area contributed by atoms with E-state index in [4.69, 9.17) is 9.47 Å². The van der Waals surface area contributed by atoms with E-state index in [0.717, 1.165) is 33.5 Å². The van der Waals surface area contributed by atoms with Crippen molar-refractivity contribution in [1.29, 1.82) is 0 Å². The van der Waals surface area contributed by atoms with Gasteiger partial charge in [-0.05, 0) is 80.8 Å². The van der Waals surface area contributed by atoms with Crippen molar-refractivity contribution < 1.29 is 38.2 Å². The van der Waals surface area contributed by atoms with Gasteiger partial charge in [0.05, 0.1) is 0 Å². The van der Waals surface area contributed by atoms with Crippen LogP contribution >= 0.6 is 0 Å². The minimum Gasteiger partial charge on any atom is -0.449 e. The molecule has 0 radical (unpaired) electrons. The summed E-state index contributed by atoms with van der Waals surface area (Å²) in [5.74, 6) is -1.28. The first-order valence-corrected chi connectivity index (χ1v) is 19.8. The summed E-state index contributed by atoms with van der Waals surface area (Å²) < 4.78 is 11.2. The molecule has 2 unspecified atom stereocenters. The predicted octanol–water partition coefficient (Wildman–Crippen LogP) is 4.70. The molecule has 3 aromatic rings. The number of nitrogens with zero attached hydrogens (tertiary/aromatic N) is 3. The normalized spacial score (nSPS) is 18.3. The lowest BCUT2D eigenvalue weighted by Gasteiger charge is -2.38. The number of rotatable bonds is 11. The fourth-order valence-electron chi connectivity index (χ4n) is 8.27. The fraction of sp³-hybridized carbons (Fsp3) is 0.442. The Kier molecular flexibility index (Phi) is 11.5. The molecule has 2 fully saturated rings. The van der Waals surface area contributed by atoms with E-state index in [2.05, 4.69) is 45.1 Å². The van der Waals surface area contributed by atoms with Crippen molar-refractivity contribution in [1.82, 2.24) is 25.8 Å². The van der Waals surface area contributed by atoms with Crippen LogP contribution in [0.4, 0.5) is 15.3 Å². The Balaban J connectivity index is 0.909. The van der Waals surface area contributed by atoms with Crippen molar-refractivity contribution in [2.24, 2.45) is 0 Å². The number of nitrogens with one attached hydrogen (secondary N) is 3. The summed E-state index contributed by atoms with van der Waals surface area (Å²) in [5.41, 5.74) is 6.07. The number of ether oxygens (including phenoxy) is 2. The Hall–Kier alpha value is -5.92. The minimum atomic E-state index is -0.832. The molecule has 3 heterocycles. The molecule has 0 spiro atoms. The van der Waals surface area contributed by atoms with Crippen LogP contribution in [0.5, 0.6) is 0 Å². The lowest BCUT2D eigenvalue weighted by Crippen LogP contribution is -2.55. The van der Waals surface area contributed by atoms with E-state index in [9.17, 15) is 28.8 Å². The standard InChI is InChI=1S/C43H50N6O8/c1-43(2,3)57-42(55)45-34(16-8-9-20-44-41(54)56-26-33-29-13-6-4-11-27(29)28-12-5-7-14-30(28)33)40(53)48-23-21-47(22-24-48)35-17-10-15-31-32(35)25-49(39(31)52)36-18-19-37(50)46-38(36)51/h4-7,10-15,17,33-34,36H,8-9,16,18-26H2,1-3H3,(H,44,54)(H,45,55)(H,46,50,51). The summed E-state index contributed by atoms with van der Waals surface area (Å²) in [7, 11) is 0. The number of hydrogen-bond donors (Lipinski definition) is 3. The van der Waals surface area contributed by atoms with E-state index in [0.29, 0.717) is 57.5 Å². The molecule has 2 saturated heterocycles. The van der Waals surface area contributed by atoms with Gasteiger partial charge in [0.1, 0.15) is 24.3 Å². The first-order chi connectivity index (χ1) is 27.4. The molecule has 3 aliphatic heterocycles. The molecule has 14 nitrogen and oxygen atoms in total. The van der Waals surface area contributed by atoms with Gasteiger partial charge < -0.3 is 34.8 Å². The minimum absolute atomic E-state index is 0.0382. The van der Waals surface area contributed by atoms with Crippen LogP contribution in [-0.4, -0.2) is 103 Å². The molecular formula is C43H50N6O8. The Bertz CT molecular complexity index is 2010. The number of carbonyl (C=O) groups is 6. The molecule has 1 aliphatic carbocycles. The molecule has 4 aliphatic rings. The lowest BCUT2D eigenvalue weighted by molar-refractivity contribution is -0.137. The van der Waals surface area contributed by atoms with Crippen LogP contribution in [-0.2, 0) is 30.4 Å². The van der Waals surface area contributed by atoms with Gasteiger partial charge in [-0.3, -0.25) is 24.5 Å². The van der Waals surface area contributed by atoms with Crippen molar-refractivity contribution in [3.8, 4) is 11.1 Å². The van der Waals surface area contributed by atoms with E-state index in [-0.39, 0.29) is 49.6 Å². The topological polar surface area (TPSA) is 167 Å². The summed E-state index contributed by atoms with van der Waals surface area (Å²) in [6, 6.07) is 20.3. The van der Waals surface area contributed by atoms with Crippen molar-refractivity contribution in [3.63, 3.8) is 0 Å². The smallest absolute Gasteiger partial charge is 0.408 e. The Labute approximate surface area is 332 Å². The Morgan fingerprint density at radius 3 is 2.18 bits per heavy atom. The predicted molar refractivity (Wildman–Crippen MR) is 211 cm³/mol. The third kappa shape index (κ3) is 8.74. The average Bonchev–Trinajstić information content (AvgIpc) is 3.69. The molecule has 3 N–H and O–H groups in total. The molecule has 3 aromatic carbocycles. The van der Waals surface area contributed by atoms with Gasteiger partial charge in [0.2, 0.25) is 17.7 Å². The van der Waals surface area contributed by atoms with E-state index >= 15 is 0 Å². The second kappa shape index (κ2) is 16.7. The van der Waals surface area contributed by atoms with Gasteiger partial charge in [-0.1, -0.05) is 54.6 Å². The molecule has 0 aromatic heterocycles. The number of imide groups is 1. The number of alkyl carbamates (subject to hydrolysis) is 2. The zero-order chi connectivity index (χ0) is 40.3. The SMILES string of the molecule is CC(C)(C)OC(=O)NC(CCCCNC(=O)OCC1c2ccccc2-c2ccccc21)C(=O)N1CCN(c2cccc3c2CN(C2CCC(=O)NC2=O)C3=O)CC1. The van der Waals surface area contributed by atoms with Crippen LogP contribution in [0.25, 0.3) is 11.1 Å². The van der Waals surface area contributed by atoms with Gasteiger partial charge in [0.25, 0.3) is 5.91 Å². The average molecular weight is 779 g/mol. The highest BCUT2D eigenvalue weighted by molar-refractivity contribution is 6.06. The number of unbranched alkanes of at least 4 members (excludes halogenated alkanes) is 1. The van der Waals surface area contributed by atoms with Crippen molar-refractivity contribution in [3.05, 3.63) is 89.0 Å². The van der Waals surface area contributed by atoms with Gasteiger partial charge in [-0.2, -0.15) is 0 Å². The zero-order valence-corrected chi connectivity index (χ0v) is 32.7. The van der Waals surface area contributed by atoms with Gasteiger partial charge in [0.15, 0.2) is 0 Å². The summed E-state index contributed by atoms with van der Waals surface area (Å²) in [4.78, 5) is 82.6. The second-order valence-electron chi connectivity index (χ2n) is 16.0. The van der Waals surface area contributed by atoms with Crippen molar-refractivity contribution in [2.45, 2.75) is 83.0 Å². The van der Waals surface area contributed by atoms with E-state index < -0.39 is 35.8 Å². The fourth-order valence-corrected chi connectivity index (χ4v) is 8.27. The number of hydrogen-bond acceptors (Lipinski definition) is 9. The third-order valence-electron chi connectivity index (χ3n) is 11.0. The monoisotopic (exact) mass is 778 g/mol. The highest BCUT2D eigenvalue weighted by atomic mass is 16.6. The molecular weight excluding hydrogens is 729 g/mol. The molecule has 0 saturated carbocycles. The molecule has 0 bridgehead atoms. The molecule has 300 valence electrons. The number of carbonyl (C=O) groups excluding carboxylic acids is 6. The Morgan fingerprint density at radius 2 is 1.51 bits per heavy atom. The van der Waals surface area contributed by atoms with Gasteiger partial charge in [0, 0.05) is 68.4 Å². The highest BCUT2D eigenvalue weighted by Gasteiger charge is 2.41. The zero-order valence-electron chi connectivity index (χ0n) is 32.7. The molecule has 57 heavy (non-hydrogen) atoms. The summed E-state index contributed by atoms with van der Waals surface area (Å²) in [6.07, 6.45) is 0.729. The summed E-state index contributed by atoms with van der Waals surface area (Å²) in [6.45, 7) is 7.87. The van der Waals surface area contributed by atoms with Crippen molar-refractivity contribution in [2.75, 3.05) is 44.2 Å².